The molecular weight excluding hydrogens is 214 g/mol. The molecule has 2 saturated heterocycles. The van der Waals surface area contributed by atoms with Gasteiger partial charge in [-0.2, -0.15) is 0 Å². The van der Waals surface area contributed by atoms with Crippen molar-refractivity contribution in [1.82, 2.24) is 0 Å². The van der Waals surface area contributed by atoms with Crippen LogP contribution in [0.25, 0.3) is 0 Å². The number of ether oxygens (including phenoxy) is 2. The van der Waals surface area contributed by atoms with Crippen molar-refractivity contribution >= 4 is 0 Å². The molecule has 0 radical (unpaired) electrons. The monoisotopic (exact) mass is 233 g/mol. The maximum atomic E-state index is 6.24. The Balaban J connectivity index is 1.76. The second-order valence-electron chi connectivity index (χ2n) is 5.09. The lowest BCUT2D eigenvalue weighted by Crippen LogP contribution is -2.15. The third kappa shape index (κ3) is 2.68. The lowest BCUT2D eigenvalue weighted by molar-refractivity contribution is 0.381. The lowest BCUT2D eigenvalue weighted by Gasteiger charge is -2.16. The fourth-order valence-corrected chi connectivity index (χ4v) is 2.37. The molecule has 0 aliphatic carbocycles. The van der Waals surface area contributed by atoms with E-state index in [-0.39, 0.29) is 6.04 Å². The predicted octanol–water partition coefficient (Wildman–Crippen LogP) is 1.73. The Hall–Kier alpha value is -0.900. The van der Waals surface area contributed by atoms with Gasteiger partial charge in [0.15, 0.2) is 0 Å². The molecule has 2 aliphatic rings. The van der Waals surface area contributed by atoms with Crippen molar-refractivity contribution in [3.63, 3.8) is 0 Å². The van der Waals surface area contributed by atoms with Gasteiger partial charge in [0, 0.05) is 12.5 Å². The van der Waals surface area contributed by atoms with Crippen LogP contribution >= 0.6 is 0 Å². The molecular formula is C14H19NO2. The topological polar surface area (TPSA) is 51.1 Å². The van der Waals surface area contributed by atoms with E-state index < -0.39 is 0 Å². The molecule has 0 bridgehead atoms. The van der Waals surface area contributed by atoms with Gasteiger partial charge in [-0.15, -0.1) is 0 Å². The molecule has 1 aromatic carbocycles. The van der Waals surface area contributed by atoms with E-state index in [0.717, 1.165) is 26.1 Å². The summed E-state index contributed by atoms with van der Waals surface area (Å²) in [6.07, 6.45) is 2.78. The molecule has 1 aromatic rings. The van der Waals surface area contributed by atoms with Gasteiger partial charge in [0.2, 0.25) is 0 Å². The number of benzene rings is 1. The van der Waals surface area contributed by atoms with E-state index in [1.165, 1.54) is 16.7 Å². The Morgan fingerprint density at radius 1 is 1.29 bits per heavy atom. The molecule has 0 spiro atoms. The van der Waals surface area contributed by atoms with Crippen molar-refractivity contribution in [1.29, 1.82) is 0 Å². The molecule has 3 nitrogen and oxygen atoms in total. The molecule has 3 unspecified atom stereocenters. The SMILES string of the molecule is Cc1c(CC2CO2)cccc1C(N)CC1CO1. The maximum Gasteiger partial charge on any atom is 0.0850 e. The van der Waals surface area contributed by atoms with E-state index in [4.69, 9.17) is 15.2 Å². The molecule has 92 valence electrons. The van der Waals surface area contributed by atoms with Crippen molar-refractivity contribution in [3.05, 3.63) is 34.9 Å². The number of hydrogen-bond donors (Lipinski definition) is 1. The Morgan fingerprint density at radius 3 is 2.65 bits per heavy atom. The highest BCUT2D eigenvalue weighted by Crippen LogP contribution is 2.28. The maximum absolute atomic E-state index is 6.24. The van der Waals surface area contributed by atoms with Crippen LogP contribution < -0.4 is 5.73 Å². The Kier molecular flexibility index (Phi) is 2.90. The average Bonchev–Trinajstić information content (AvgIpc) is 3.16. The summed E-state index contributed by atoms with van der Waals surface area (Å²) < 4.78 is 10.5. The van der Waals surface area contributed by atoms with E-state index in [9.17, 15) is 0 Å². The Morgan fingerprint density at radius 2 is 2.00 bits per heavy atom. The van der Waals surface area contributed by atoms with E-state index in [1.54, 1.807) is 0 Å². The molecule has 2 N–H and O–H groups in total. The molecule has 17 heavy (non-hydrogen) atoms. The first-order chi connectivity index (χ1) is 8.24. The molecule has 0 amide bonds. The van der Waals surface area contributed by atoms with Gasteiger partial charge in [-0.1, -0.05) is 18.2 Å². The number of hydrogen-bond acceptors (Lipinski definition) is 3. The summed E-state index contributed by atoms with van der Waals surface area (Å²) in [4.78, 5) is 0. The third-order valence-corrected chi connectivity index (χ3v) is 3.66. The van der Waals surface area contributed by atoms with Gasteiger partial charge in [-0.25, -0.2) is 0 Å². The van der Waals surface area contributed by atoms with Crippen LogP contribution in [0, 0.1) is 6.92 Å². The second-order valence-corrected chi connectivity index (χ2v) is 5.09. The van der Waals surface area contributed by atoms with Gasteiger partial charge in [-0.05, 0) is 30.0 Å². The van der Waals surface area contributed by atoms with E-state index in [2.05, 4.69) is 25.1 Å². The normalized spacial score (nSPS) is 27.9. The van der Waals surface area contributed by atoms with Crippen LogP contribution in [0.1, 0.15) is 29.2 Å². The largest absolute Gasteiger partial charge is 0.373 e. The lowest BCUT2D eigenvalue weighted by atomic mass is 9.93. The minimum Gasteiger partial charge on any atom is -0.373 e. The Labute approximate surface area is 102 Å². The van der Waals surface area contributed by atoms with Gasteiger partial charge in [0.1, 0.15) is 0 Å². The van der Waals surface area contributed by atoms with Crippen LogP contribution in [0.2, 0.25) is 0 Å². The van der Waals surface area contributed by atoms with E-state index >= 15 is 0 Å². The number of epoxide rings is 2. The van der Waals surface area contributed by atoms with Crippen LogP contribution in [0.5, 0.6) is 0 Å². The first kappa shape index (κ1) is 11.2. The molecule has 0 aromatic heterocycles. The zero-order chi connectivity index (χ0) is 11.8. The molecule has 2 aliphatic heterocycles. The van der Waals surface area contributed by atoms with Gasteiger partial charge in [-0.3, -0.25) is 0 Å². The predicted molar refractivity (Wildman–Crippen MR) is 65.9 cm³/mol. The van der Waals surface area contributed by atoms with Crippen LogP contribution in [-0.4, -0.2) is 25.4 Å². The highest BCUT2D eigenvalue weighted by Gasteiger charge is 2.27. The van der Waals surface area contributed by atoms with Crippen molar-refractivity contribution in [2.45, 2.75) is 38.0 Å². The number of nitrogens with two attached hydrogens (primary N) is 1. The highest BCUT2D eigenvalue weighted by molar-refractivity contribution is 5.37. The van der Waals surface area contributed by atoms with Gasteiger partial charge < -0.3 is 15.2 Å². The van der Waals surface area contributed by atoms with E-state index in [1.807, 2.05) is 0 Å². The average molecular weight is 233 g/mol. The van der Waals surface area contributed by atoms with Gasteiger partial charge in [0.25, 0.3) is 0 Å². The smallest absolute Gasteiger partial charge is 0.0850 e. The number of rotatable bonds is 5. The molecule has 0 saturated carbocycles. The molecule has 2 fully saturated rings. The molecule has 3 rings (SSSR count). The van der Waals surface area contributed by atoms with Crippen LogP contribution in [-0.2, 0) is 15.9 Å². The third-order valence-electron chi connectivity index (χ3n) is 3.66. The minimum absolute atomic E-state index is 0.0996. The minimum atomic E-state index is 0.0996. The molecule has 3 atom stereocenters. The van der Waals surface area contributed by atoms with Gasteiger partial charge >= 0.3 is 0 Å². The highest BCUT2D eigenvalue weighted by atomic mass is 16.6. The van der Waals surface area contributed by atoms with Crippen LogP contribution in [0.3, 0.4) is 0 Å². The van der Waals surface area contributed by atoms with Crippen LogP contribution in [0.4, 0.5) is 0 Å². The zero-order valence-corrected chi connectivity index (χ0v) is 10.2. The van der Waals surface area contributed by atoms with E-state index in [0.29, 0.717) is 12.2 Å². The Bertz CT molecular complexity index is 411. The van der Waals surface area contributed by atoms with Crippen molar-refractivity contribution in [2.24, 2.45) is 5.73 Å². The first-order valence-electron chi connectivity index (χ1n) is 6.31. The van der Waals surface area contributed by atoms with Gasteiger partial charge in [0.05, 0.1) is 25.4 Å². The quantitative estimate of drug-likeness (QED) is 0.788. The fraction of sp³-hybridized carbons (Fsp3) is 0.571. The standard InChI is InChI=1S/C14H19NO2/c1-9-10(5-11-7-16-11)3-2-4-13(9)14(15)6-12-8-17-12/h2-4,11-12,14H,5-8,15H2,1H3. The zero-order valence-electron chi connectivity index (χ0n) is 10.2. The van der Waals surface area contributed by atoms with Crippen LogP contribution in [0.15, 0.2) is 18.2 Å². The fourth-order valence-electron chi connectivity index (χ4n) is 2.37. The summed E-state index contributed by atoms with van der Waals surface area (Å²) >= 11 is 0. The van der Waals surface area contributed by atoms with Crippen molar-refractivity contribution < 1.29 is 9.47 Å². The summed E-state index contributed by atoms with van der Waals surface area (Å²) in [7, 11) is 0. The molecule has 2 heterocycles. The summed E-state index contributed by atoms with van der Waals surface area (Å²) in [5.41, 5.74) is 10.2. The summed E-state index contributed by atoms with van der Waals surface area (Å²) in [6, 6.07) is 6.52. The first-order valence-corrected chi connectivity index (χ1v) is 6.31. The van der Waals surface area contributed by atoms with Crippen molar-refractivity contribution in [3.8, 4) is 0 Å². The molecule has 3 heteroatoms. The van der Waals surface area contributed by atoms with Crippen molar-refractivity contribution in [2.75, 3.05) is 13.2 Å². The summed E-state index contributed by atoms with van der Waals surface area (Å²) in [5.74, 6) is 0. The summed E-state index contributed by atoms with van der Waals surface area (Å²) in [5, 5.41) is 0. The second kappa shape index (κ2) is 4.41. The summed E-state index contributed by atoms with van der Waals surface area (Å²) in [6.45, 7) is 3.95.